The third-order valence-electron chi connectivity index (χ3n) is 1.95. The predicted molar refractivity (Wildman–Crippen MR) is 39.6 cm³/mol. The first kappa shape index (κ1) is 11.0. The van der Waals surface area contributed by atoms with Crippen molar-refractivity contribution in [3.63, 3.8) is 0 Å². The average molecular weight is 152 g/mol. The van der Waals surface area contributed by atoms with Crippen molar-refractivity contribution in [1.82, 2.24) is 0 Å². The summed E-state index contributed by atoms with van der Waals surface area (Å²) in [5.41, 5.74) is 0. The van der Waals surface area contributed by atoms with Gasteiger partial charge in [-0.25, -0.2) is 0 Å². The molecule has 0 aromatic heterocycles. The quantitative estimate of drug-likeness (QED) is 0.483. The van der Waals surface area contributed by atoms with Gasteiger partial charge in [0.2, 0.25) is 0 Å². The largest absolute Gasteiger partial charge is 1.00 e. The van der Waals surface area contributed by atoms with E-state index in [-0.39, 0.29) is 31.0 Å². The van der Waals surface area contributed by atoms with Gasteiger partial charge in [-0.2, -0.15) is 0 Å². The van der Waals surface area contributed by atoms with Gasteiger partial charge in [0.15, 0.2) is 0 Å². The van der Waals surface area contributed by atoms with Crippen LogP contribution in [0.4, 0.5) is 0 Å². The maximum atomic E-state index is 5.48. The van der Waals surface area contributed by atoms with Gasteiger partial charge in [0.05, 0.1) is 6.10 Å². The summed E-state index contributed by atoms with van der Waals surface area (Å²) < 4.78 is 5.48. The van der Waals surface area contributed by atoms with E-state index >= 15 is 0 Å². The maximum Gasteiger partial charge on any atom is 1.00 e. The van der Waals surface area contributed by atoms with Crippen molar-refractivity contribution in [2.45, 2.75) is 45.1 Å². The van der Waals surface area contributed by atoms with Gasteiger partial charge in [0.1, 0.15) is 0 Å². The van der Waals surface area contributed by atoms with Crippen molar-refractivity contribution >= 4 is 0 Å². The zero-order chi connectivity index (χ0) is 6.53. The Labute approximate surface area is 87.3 Å². The van der Waals surface area contributed by atoms with Crippen LogP contribution in [0.15, 0.2) is 0 Å². The monoisotopic (exact) mass is 152 g/mol. The third-order valence-corrected chi connectivity index (χ3v) is 1.95. The van der Waals surface area contributed by atoms with Crippen LogP contribution in [-0.2, 0) is 4.74 Å². The van der Waals surface area contributed by atoms with Crippen molar-refractivity contribution in [2.75, 3.05) is 6.61 Å². The molecule has 0 N–H and O–H groups in total. The van der Waals surface area contributed by atoms with Gasteiger partial charge in [-0.1, -0.05) is 19.3 Å². The van der Waals surface area contributed by atoms with Crippen LogP contribution in [0.5, 0.6) is 0 Å². The molecule has 0 atom stereocenters. The fourth-order valence-electron chi connectivity index (χ4n) is 1.47. The van der Waals surface area contributed by atoms with Crippen molar-refractivity contribution in [1.29, 1.82) is 0 Å². The van der Waals surface area contributed by atoms with E-state index < -0.39 is 0 Å². The minimum atomic E-state index is 0. The number of hydrogen-bond acceptors (Lipinski definition) is 1. The maximum absolute atomic E-state index is 5.48. The molecule has 0 aliphatic heterocycles. The van der Waals surface area contributed by atoms with E-state index in [2.05, 4.69) is 6.92 Å². The normalized spacial score (nSPS) is 20.1. The molecular weight excluding hydrogens is 135 g/mol. The van der Waals surface area contributed by atoms with Crippen LogP contribution in [0.25, 0.3) is 0 Å². The Morgan fingerprint density at radius 2 is 1.90 bits per heavy atom. The molecule has 0 bridgehead atoms. The number of rotatable bonds is 2. The van der Waals surface area contributed by atoms with E-state index in [1.807, 2.05) is 0 Å². The van der Waals surface area contributed by atoms with Gasteiger partial charge in [0, 0.05) is 6.61 Å². The van der Waals surface area contributed by atoms with Crippen molar-refractivity contribution in [2.24, 2.45) is 0 Å². The SMILES string of the molecule is CCOC1CCCCC1.[H-].[Na+]. The molecule has 10 heavy (non-hydrogen) atoms. The van der Waals surface area contributed by atoms with Crippen LogP contribution in [0.2, 0.25) is 0 Å². The molecule has 1 aliphatic carbocycles. The summed E-state index contributed by atoms with van der Waals surface area (Å²) in [5, 5.41) is 0. The Kier molecular flexibility index (Phi) is 7.30. The standard InChI is InChI=1S/C8H16O.Na.H/c1-2-9-8-6-4-3-5-7-8;;/h8H,2-7H2,1H3;;/q;+1;-1. The second kappa shape index (κ2) is 6.66. The molecule has 0 heterocycles. The predicted octanol–water partition coefficient (Wildman–Crippen LogP) is -0.528. The van der Waals surface area contributed by atoms with E-state index in [4.69, 9.17) is 4.74 Å². The Hall–Kier alpha value is 0.960. The van der Waals surface area contributed by atoms with Crippen molar-refractivity contribution < 1.29 is 35.7 Å². The average Bonchev–Trinajstić information content (AvgIpc) is 1.91. The summed E-state index contributed by atoms with van der Waals surface area (Å²) in [6.45, 7) is 2.97. The number of hydrogen-bond donors (Lipinski definition) is 0. The van der Waals surface area contributed by atoms with Gasteiger partial charge in [-0.3, -0.25) is 0 Å². The molecule has 0 amide bonds. The molecule has 56 valence electrons. The van der Waals surface area contributed by atoms with E-state index in [0.717, 1.165) is 6.61 Å². The first-order valence-electron chi connectivity index (χ1n) is 4.05. The summed E-state index contributed by atoms with van der Waals surface area (Å²) in [7, 11) is 0. The van der Waals surface area contributed by atoms with E-state index in [0.29, 0.717) is 6.10 Å². The molecule has 0 radical (unpaired) electrons. The molecule has 0 unspecified atom stereocenters. The molecule has 1 rings (SSSR count). The zero-order valence-corrected chi connectivity index (χ0v) is 9.23. The molecule has 1 nitrogen and oxygen atoms in total. The zero-order valence-electron chi connectivity index (χ0n) is 8.23. The molecule has 0 spiro atoms. The van der Waals surface area contributed by atoms with E-state index in [9.17, 15) is 0 Å². The fraction of sp³-hybridized carbons (Fsp3) is 1.00. The smallest absolute Gasteiger partial charge is 1.00 e. The Morgan fingerprint density at radius 3 is 2.40 bits per heavy atom. The molecule has 0 saturated heterocycles. The van der Waals surface area contributed by atoms with Gasteiger partial charge < -0.3 is 6.16 Å². The first-order valence-corrected chi connectivity index (χ1v) is 4.05. The molecular formula is C8H17NaO. The minimum Gasteiger partial charge on any atom is -1.00 e. The van der Waals surface area contributed by atoms with Crippen LogP contribution >= 0.6 is 0 Å². The molecule has 2 heteroatoms. The first-order chi connectivity index (χ1) is 4.43. The van der Waals surface area contributed by atoms with Gasteiger partial charge in [-0.15, -0.1) is 0 Å². The van der Waals surface area contributed by atoms with Crippen LogP contribution in [0, 0.1) is 0 Å². The Morgan fingerprint density at radius 1 is 1.30 bits per heavy atom. The third kappa shape index (κ3) is 3.97. The van der Waals surface area contributed by atoms with Gasteiger partial charge >= 0.3 is 29.6 Å². The summed E-state index contributed by atoms with van der Waals surface area (Å²) in [4.78, 5) is 0. The molecule has 1 saturated carbocycles. The molecule has 0 aromatic carbocycles. The van der Waals surface area contributed by atoms with Crippen LogP contribution in [0.1, 0.15) is 40.5 Å². The summed E-state index contributed by atoms with van der Waals surface area (Å²) in [6.07, 6.45) is 7.38. The van der Waals surface area contributed by atoms with Crippen molar-refractivity contribution in [3.8, 4) is 0 Å². The van der Waals surface area contributed by atoms with Gasteiger partial charge in [0.25, 0.3) is 0 Å². The molecule has 0 aromatic rings. The minimum absolute atomic E-state index is 0. The Bertz CT molecular complexity index is 71.7. The van der Waals surface area contributed by atoms with Gasteiger partial charge in [-0.05, 0) is 19.8 Å². The Balaban J connectivity index is 0. The second-order valence-electron chi connectivity index (χ2n) is 2.72. The summed E-state index contributed by atoms with van der Waals surface area (Å²) in [6, 6.07) is 0. The molecule has 1 fully saturated rings. The van der Waals surface area contributed by atoms with Crippen LogP contribution in [0.3, 0.4) is 0 Å². The van der Waals surface area contributed by atoms with E-state index in [1.54, 1.807) is 0 Å². The second-order valence-corrected chi connectivity index (χ2v) is 2.72. The summed E-state index contributed by atoms with van der Waals surface area (Å²) >= 11 is 0. The molecule has 1 aliphatic rings. The van der Waals surface area contributed by atoms with Crippen molar-refractivity contribution in [3.05, 3.63) is 0 Å². The summed E-state index contributed by atoms with van der Waals surface area (Å²) in [5.74, 6) is 0. The van der Waals surface area contributed by atoms with Crippen LogP contribution in [-0.4, -0.2) is 12.7 Å². The van der Waals surface area contributed by atoms with E-state index in [1.165, 1.54) is 32.1 Å². The van der Waals surface area contributed by atoms with Crippen LogP contribution < -0.4 is 29.6 Å². The fourth-order valence-corrected chi connectivity index (χ4v) is 1.47. The topological polar surface area (TPSA) is 9.23 Å². The number of ether oxygens (including phenoxy) is 1.